The monoisotopic (exact) mass is 318 g/mol. The van der Waals surface area contributed by atoms with E-state index >= 15 is 0 Å². The molecule has 0 spiro atoms. The Balaban J connectivity index is 2.20. The number of aliphatic imine (C=N–C) groups is 1. The van der Waals surface area contributed by atoms with E-state index in [4.69, 9.17) is 4.99 Å². The molecular weight excluding hydrogens is 291 g/mol. The van der Waals surface area contributed by atoms with Crippen molar-refractivity contribution in [1.82, 2.24) is 5.32 Å². The zero-order chi connectivity index (χ0) is 16.2. The highest BCUT2D eigenvalue weighted by Crippen LogP contribution is 2.28. The van der Waals surface area contributed by atoms with Gasteiger partial charge in [-0.2, -0.15) is 0 Å². The Morgan fingerprint density at radius 2 is 1.91 bits per heavy atom. The minimum Gasteiger partial charge on any atom is -0.326 e. The molecule has 1 aromatic rings. The first-order valence-electron chi connectivity index (χ1n) is 8.24. The summed E-state index contributed by atoms with van der Waals surface area (Å²) in [6.45, 7) is 6.62. The van der Waals surface area contributed by atoms with Crippen molar-refractivity contribution < 1.29 is 4.79 Å². The third kappa shape index (κ3) is 4.16. The molecule has 2 rings (SSSR count). The zero-order valence-electron chi connectivity index (χ0n) is 13.9. The summed E-state index contributed by atoms with van der Waals surface area (Å²) in [5.74, 6) is 0.656. The van der Waals surface area contributed by atoms with Crippen LogP contribution in [0.5, 0.6) is 0 Å². The minimum absolute atomic E-state index is 0.0329. The molecule has 1 aliphatic heterocycles. The zero-order valence-corrected chi connectivity index (χ0v) is 15.0. The molecule has 0 aromatic heterocycles. The van der Waals surface area contributed by atoms with Gasteiger partial charge in [0.05, 0.1) is 0 Å². The quantitative estimate of drug-likeness (QED) is 0.769. The van der Waals surface area contributed by atoms with Gasteiger partial charge in [-0.05, 0) is 30.5 Å². The summed E-state index contributed by atoms with van der Waals surface area (Å²) in [5.41, 5.74) is 1.10. The lowest BCUT2D eigenvalue weighted by Gasteiger charge is -2.26. The molecule has 2 unspecified atom stereocenters. The van der Waals surface area contributed by atoms with E-state index in [9.17, 15) is 4.79 Å². The molecule has 0 aliphatic carbocycles. The Morgan fingerprint density at radius 3 is 2.50 bits per heavy atom. The van der Waals surface area contributed by atoms with Crippen LogP contribution in [-0.4, -0.2) is 17.3 Å². The molecule has 2 atom stereocenters. The highest BCUT2D eigenvalue weighted by atomic mass is 31.0. The topological polar surface area (TPSA) is 41.5 Å². The van der Waals surface area contributed by atoms with Crippen LogP contribution < -0.4 is 10.6 Å². The highest BCUT2D eigenvalue weighted by Gasteiger charge is 2.38. The Morgan fingerprint density at radius 1 is 1.23 bits per heavy atom. The highest BCUT2D eigenvalue weighted by molar-refractivity contribution is 7.27. The number of hydrogen-bond acceptors (Lipinski definition) is 2. The van der Waals surface area contributed by atoms with Crippen LogP contribution in [-0.2, 0) is 4.79 Å². The molecule has 0 saturated heterocycles. The van der Waals surface area contributed by atoms with Crippen LogP contribution in [0.15, 0.2) is 29.3 Å². The summed E-state index contributed by atoms with van der Waals surface area (Å²) in [6.07, 6.45) is 5.12. The van der Waals surface area contributed by atoms with Gasteiger partial charge in [-0.1, -0.05) is 57.9 Å². The molecule has 0 bridgehead atoms. The van der Waals surface area contributed by atoms with Crippen LogP contribution in [0.1, 0.15) is 58.4 Å². The molecule has 4 heteroatoms. The lowest BCUT2D eigenvalue weighted by molar-refractivity contribution is -0.115. The normalized spacial score (nSPS) is 21.1. The van der Waals surface area contributed by atoms with Gasteiger partial charge in [0.1, 0.15) is 11.4 Å². The van der Waals surface area contributed by atoms with Crippen molar-refractivity contribution in [2.24, 2.45) is 10.9 Å². The summed E-state index contributed by atoms with van der Waals surface area (Å²) in [4.78, 5) is 17.2. The van der Waals surface area contributed by atoms with Gasteiger partial charge in [0.2, 0.25) is 0 Å². The Bertz CT molecular complexity index is 551. The first-order chi connectivity index (χ1) is 10.5. The van der Waals surface area contributed by atoms with Gasteiger partial charge in [0.25, 0.3) is 5.91 Å². The van der Waals surface area contributed by atoms with E-state index in [1.54, 1.807) is 0 Å². The molecular formula is C18H27N2OP. The molecule has 1 aromatic carbocycles. The van der Waals surface area contributed by atoms with E-state index < -0.39 is 5.66 Å². The summed E-state index contributed by atoms with van der Waals surface area (Å²) >= 11 is 0. The number of rotatable bonds is 7. The summed E-state index contributed by atoms with van der Waals surface area (Å²) < 4.78 is 0. The van der Waals surface area contributed by atoms with Crippen LogP contribution in [0.2, 0.25) is 0 Å². The van der Waals surface area contributed by atoms with Gasteiger partial charge in [0.15, 0.2) is 0 Å². The molecule has 0 radical (unpaired) electrons. The largest absolute Gasteiger partial charge is 0.326 e. The average molecular weight is 318 g/mol. The van der Waals surface area contributed by atoms with Crippen molar-refractivity contribution in [1.29, 1.82) is 0 Å². The number of hydrogen-bond donors (Lipinski definition) is 1. The van der Waals surface area contributed by atoms with Crippen molar-refractivity contribution in [2.45, 2.75) is 58.5 Å². The summed E-state index contributed by atoms with van der Waals surface area (Å²) in [5, 5.41) is 4.27. The number of carbonyl (C=O) groups excluding carboxylic acids is 1. The van der Waals surface area contributed by atoms with E-state index in [2.05, 4.69) is 35.3 Å². The Labute approximate surface area is 136 Å². The van der Waals surface area contributed by atoms with E-state index in [1.807, 2.05) is 24.3 Å². The summed E-state index contributed by atoms with van der Waals surface area (Å²) in [6, 6.07) is 7.93. The SMILES string of the molecule is CCCC1(CCCC(C)C)N=C(c2ccc(P)cc2)C(=O)N1. The first kappa shape index (κ1) is 17.1. The Hall–Kier alpha value is -1.21. The van der Waals surface area contributed by atoms with Gasteiger partial charge < -0.3 is 5.32 Å². The fraction of sp³-hybridized carbons (Fsp3) is 0.556. The maximum absolute atomic E-state index is 12.4. The van der Waals surface area contributed by atoms with Crippen molar-refractivity contribution in [2.75, 3.05) is 0 Å². The van der Waals surface area contributed by atoms with Crippen LogP contribution >= 0.6 is 9.24 Å². The van der Waals surface area contributed by atoms with Crippen molar-refractivity contribution in [3.63, 3.8) is 0 Å². The van der Waals surface area contributed by atoms with E-state index in [0.717, 1.165) is 36.6 Å². The predicted octanol–water partition coefficient (Wildman–Crippen LogP) is 3.43. The number of nitrogens with one attached hydrogen (secondary N) is 1. The Kier molecular flexibility index (Phi) is 5.74. The summed E-state index contributed by atoms with van der Waals surface area (Å²) in [7, 11) is 2.66. The molecule has 3 nitrogen and oxygen atoms in total. The van der Waals surface area contributed by atoms with Crippen molar-refractivity contribution in [3.05, 3.63) is 29.8 Å². The average Bonchev–Trinajstić information content (AvgIpc) is 2.77. The third-order valence-corrected chi connectivity index (χ3v) is 4.49. The number of nitrogens with zero attached hydrogens (tertiary/aromatic N) is 1. The van der Waals surface area contributed by atoms with Gasteiger partial charge in [-0.3, -0.25) is 9.79 Å². The maximum Gasteiger partial charge on any atom is 0.272 e. The van der Waals surface area contributed by atoms with Crippen molar-refractivity contribution >= 4 is 26.2 Å². The minimum atomic E-state index is -0.393. The number of benzene rings is 1. The molecule has 1 heterocycles. The second-order valence-corrected chi connectivity index (χ2v) is 7.27. The second kappa shape index (κ2) is 7.37. The number of carbonyl (C=O) groups is 1. The maximum atomic E-state index is 12.4. The molecule has 1 amide bonds. The lowest BCUT2D eigenvalue weighted by atomic mass is 9.95. The lowest BCUT2D eigenvalue weighted by Crippen LogP contribution is -2.42. The van der Waals surface area contributed by atoms with Crippen LogP contribution in [0.25, 0.3) is 0 Å². The molecule has 0 fully saturated rings. The first-order valence-corrected chi connectivity index (χ1v) is 8.82. The van der Waals surface area contributed by atoms with Crippen LogP contribution in [0.3, 0.4) is 0 Å². The van der Waals surface area contributed by atoms with Crippen LogP contribution in [0.4, 0.5) is 0 Å². The molecule has 0 saturated carbocycles. The van der Waals surface area contributed by atoms with Gasteiger partial charge in [-0.15, -0.1) is 9.24 Å². The second-order valence-electron chi connectivity index (χ2n) is 6.60. The predicted molar refractivity (Wildman–Crippen MR) is 96.8 cm³/mol. The van der Waals surface area contributed by atoms with E-state index in [0.29, 0.717) is 11.6 Å². The molecule has 22 heavy (non-hydrogen) atoms. The molecule has 120 valence electrons. The van der Waals surface area contributed by atoms with Gasteiger partial charge in [-0.25, -0.2) is 0 Å². The fourth-order valence-corrected chi connectivity index (χ4v) is 3.17. The standard InChI is InChI=1S/C18H27N2OP/c1-4-11-18(12-5-6-13(2)3)19-16(17(21)20-18)14-7-9-15(22)10-8-14/h7-10,13H,4-6,11-12,22H2,1-3H3,(H,20,21). The smallest absolute Gasteiger partial charge is 0.272 e. The van der Waals surface area contributed by atoms with E-state index in [1.165, 1.54) is 6.42 Å². The van der Waals surface area contributed by atoms with Crippen LogP contribution in [0, 0.1) is 5.92 Å². The number of amides is 1. The third-order valence-electron chi connectivity index (χ3n) is 4.11. The molecule has 1 aliphatic rings. The van der Waals surface area contributed by atoms with E-state index in [-0.39, 0.29) is 5.91 Å². The van der Waals surface area contributed by atoms with Crippen molar-refractivity contribution in [3.8, 4) is 0 Å². The fourth-order valence-electron chi connectivity index (χ4n) is 2.98. The van der Waals surface area contributed by atoms with Gasteiger partial charge in [0, 0.05) is 5.56 Å². The molecule has 1 N–H and O–H groups in total. The van der Waals surface area contributed by atoms with Gasteiger partial charge >= 0.3 is 0 Å².